The number of fused-ring (bicyclic) bond motifs is 1. The molecule has 0 saturated heterocycles. The zero-order valence-electron chi connectivity index (χ0n) is 17.8. The molecule has 0 saturated carbocycles. The maximum absolute atomic E-state index is 11.1. The monoisotopic (exact) mass is 408 g/mol. The zero-order valence-corrected chi connectivity index (χ0v) is 17.8. The minimum atomic E-state index is -0.772. The van der Waals surface area contributed by atoms with Crippen LogP contribution >= 0.6 is 0 Å². The van der Waals surface area contributed by atoms with Crippen LogP contribution in [0.25, 0.3) is 22.3 Å². The van der Waals surface area contributed by atoms with Crippen LogP contribution in [0.5, 0.6) is 0 Å². The molecule has 0 radical (unpaired) electrons. The number of hydrogen-bond acceptors (Lipinski definition) is 7. The van der Waals surface area contributed by atoms with Gasteiger partial charge in [0.05, 0.1) is 18.3 Å². The van der Waals surface area contributed by atoms with Crippen LogP contribution < -0.4 is 11.1 Å². The third-order valence-electron chi connectivity index (χ3n) is 4.68. The molecule has 1 unspecified atom stereocenters. The maximum Gasteiger partial charge on any atom is 0.404 e. The number of nitrogens with zero attached hydrogens (tertiary/aromatic N) is 4. The van der Waals surface area contributed by atoms with Crippen molar-refractivity contribution in [2.24, 2.45) is 11.1 Å². The topological polar surface area (TPSA) is 116 Å². The van der Waals surface area contributed by atoms with E-state index in [1.54, 1.807) is 24.8 Å². The fraction of sp³-hybridized carbons (Fsp3) is 0.409. The summed E-state index contributed by atoms with van der Waals surface area (Å²) in [6.45, 7) is 8.84. The van der Waals surface area contributed by atoms with Gasteiger partial charge in [0.1, 0.15) is 5.82 Å². The number of pyridine rings is 2. The molecule has 0 aliphatic heterocycles. The lowest BCUT2D eigenvalue weighted by Crippen LogP contribution is -2.40. The van der Waals surface area contributed by atoms with Gasteiger partial charge in [0.2, 0.25) is 0 Å². The first kappa shape index (κ1) is 21.4. The number of carbonyl (C=O) groups excluding carboxylic acids is 1. The molecular weight excluding hydrogens is 380 g/mol. The number of ether oxygens (including phenoxy) is 1. The predicted molar refractivity (Wildman–Crippen MR) is 117 cm³/mol. The number of primary amides is 1. The smallest absolute Gasteiger partial charge is 0.404 e. The number of aromatic nitrogens is 4. The van der Waals surface area contributed by atoms with Crippen LogP contribution in [0.3, 0.4) is 0 Å². The van der Waals surface area contributed by atoms with E-state index in [0.717, 1.165) is 22.9 Å². The summed E-state index contributed by atoms with van der Waals surface area (Å²) in [5.41, 5.74) is 6.40. The van der Waals surface area contributed by atoms with Crippen molar-refractivity contribution in [2.45, 2.75) is 46.1 Å². The standard InChI is InChI=1S/C22H28N6O2/c1-21(2,3)14-22(4,8-12-30-20(23)29)28-19-16-7-11-25-13-17(16)26-18(27-19)15-5-9-24-10-6-15/h5-7,9-11,13H,8,12,14H2,1-4H3,(H2,23,29)(H,26,27,28). The van der Waals surface area contributed by atoms with Gasteiger partial charge in [-0.15, -0.1) is 0 Å². The molecule has 158 valence electrons. The third kappa shape index (κ3) is 5.62. The van der Waals surface area contributed by atoms with Crippen LogP contribution in [0, 0.1) is 5.41 Å². The molecule has 3 aromatic rings. The Hall–Kier alpha value is -3.29. The molecule has 8 heteroatoms. The van der Waals surface area contributed by atoms with Gasteiger partial charge >= 0.3 is 6.09 Å². The molecular formula is C22H28N6O2. The Morgan fingerprint density at radius 2 is 1.77 bits per heavy atom. The van der Waals surface area contributed by atoms with Crippen molar-refractivity contribution in [3.8, 4) is 11.4 Å². The second-order valence-corrected chi connectivity index (χ2v) is 8.87. The van der Waals surface area contributed by atoms with Gasteiger partial charge in [-0.2, -0.15) is 0 Å². The predicted octanol–water partition coefficient (Wildman–Crippen LogP) is 4.18. The lowest BCUT2D eigenvalue weighted by atomic mass is 9.79. The average Bonchev–Trinajstić information content (AvgIpc) is 2.66. The first-order chi connectivity index (χ1) is 14.2. The van der Waals surface area contributed by atoms with E-state index < -0.39 is 11.6 Å². The number of anilines is 1. The lowest BCUT2D eigenvalue weighted by Gasteiger charge is -2.37. The Morgan fingerprint density at radius 1 is 1.07 bits per heavy atom. The quantitative estimate of drug-likeness (QED) is 0.602. The largest absolute Gasteiger partial charge is 0.450 e. The fourth-order valence-corrected chi connectivity index (χ4v) is 3.73. The van der Waals surface area contributed by atoms with Gasteiger partial charge in [0.15, 0.2) is 5.82 Å². The van der Waals surface area contributed by atoms with Crippen molar-refractivity contribution in [3.05, 3.63) is 43.0 Å². The molecule has 0 fully saturated rings. The van der Waals surface area contributed by atoms with Crippen molar-refractivity contribution in [2.75, 3.05) is 11.9 Å². The Bertz CT molecular complexity index is 1020. The Kier molecular flexibility index (Phi) is 6.14. The number of rotatable bonds is 7. The molecule has 30 heavy (non-hydrogen) atoms. The summed E-state index contributed by atoms with van der Waals surface area (Å²) in [5, 5.41) is 4.49. The van der Waals surface area contributed by atoms with Gasteiger partial charge in [-0.3, -0.25) is 9.97 Å². The minimum Gasteiger partial charge on any atom is -0.450 e. The molecule has 1 atom stereocenters. The Morgan fingerprint density at radius 3 is 2.43 bits per heavy atom. The van der Waals surface area contributed by atoms with E-state index in [1.807, 2.05) is 18.2 Å². The van der Waals surface area contributed by atoms with Gasteiger partial charge in [-0.05, 0) is 37.0 Å². The molecule has 1 amide bonds. The van der Waals surface area contributed by atoms with E-state index >= 15 is 0 Å². The fourth-order valence-electron chi connectivity index (χ4n) is 3.73. The summed E-state index contributed by atoms with van der Waals surface area (Å²) in [6, 6.07) is 5.64. The van der Waals surface area contributed by atoms with E-state index in [0.29, 0.717) is 18.1 Å². The summed E-state index contributed by atoms with van der Waals surface area (Å²) < 4.78 is 5.02. The number of amides is 1. The zero-order chi connectivity index (χ0) is 21.8. The number of carbonyl (C=O) groups is 1. The van der Waals surface area contributed by atoms with Gasteiger partial charge in [0.25, 0.3) is 0 Å². The molecule has 3 aromatic heterocycles. The van der Waals surface area contributed by atoms with E-state index in [1.165, 1.54) is 0 Å². The molecule has 0 bridgehead atoms. The first-order valence-electron chi connectivity index (χ1n) is 9.88. The number of hydrogen-bond donors (Lipinski definition) is 2. The SMILES string of the molecule is CC(C)(C)CC(C)(CCOC(N)=O)Nc1nc(-c2ccncc2)nc2cnccc12. The van der Waals surface area contributed by atoms with Crippen LogP contribution in [0.15, 0.2) is 43.0 Å². The summed E-state index contributed by atoms with van der Waals surface area (Å²) >= 11 is 0. The van der Waals surface area contributed by atoms with E-state index in [-0.39, 0.29) is 12.0 Å². The minimum absolute atomic E-state index is 0.0345. The third-order valence-corrected chi connectivity index (χ3v) is 4.68. The molecule has 3 rings (SSSR count). The highest BCUT2D eigenvalue weighted by Gasteiger charge is 2.31. The number of nitrogens with two attached hydrogens (primary N) is 1. The van der Waals surface area contributed by atoms with Crippen LogP contribution in [-0.2, 0) is 4.74 Å². The number of nitrogens with one attached hydrogen (secondary N) is 1. The molecule has 8 nitrogen and oxygen atoms in total. The Balaban J connectivity index is 2.02. The average molecular weight is 409 g/mol. The molecule has 0 spiro atoms. The summed E-state index contributed by atoms with van der Waals surface area (Å²) in [7, 11) is 0. The van der Waals surface area contributed by atoms with Crippen molar-refractivity contribution in [1.29, 1.82) is 0 Å². The van der Waals surface area contributed by atoms with Crippen LogP contribution in [0.2, 0.25) is 0 Å². The lowest BCUT2D eigenvalue weighted by molar-refractivity contribution is 0.142. The van der Waals surface area contributed by atoms with Crippen molar-refractivity contribution in [1.82, 2.24) is 19.9 Å². The van der Waals surface area contributed by atoms with E-state index in [9.17, 15) is 4.79 Å². The molecule has 0 aliphatic carbocycles. The highest BCUT2D eigenvalue weighted by molar-refractivity contribution is 5.90. The van der Waals surface area contributed by atoms with E-state index in [4.69, 9.17) is 15.5 Å². The first-order valence-corrected chi connectivity index (χ1v) is 9.88. The Labute approximate surface area is 176 Å². The van der Waals surface area contributed by atoms with Crippen molar-refractivity contribution >= 4 is 22.8 Å². The molecule has 3 N–H and O–H groups in total. The summed E-state index contributed by atoms with van der Waals surface area (Å²) in [6.07, 6.45) is 7.50. The van der Waals surface area contributed by atoms with E-state index in [2.05, 4.69) is 48.0 Å². The van der Waals surface area contributed by atoms with Gasteiger partial charge in [0, 0.05) is 41.5 Å². The molecule has 0 aliphatic rings. The maximum atomic E-state index is 11.1. The van der Waals surface area contributed by atoms with Gasteiger partial charge < -0.3 is 15.8 Å². The van der Waals surface area contributed by atoms with Crippen molar-refractivity contribution < 1.29 is 9.53 Å². The summed E-state index contributed by atoms with van der Waals surface area (Å²) in [4.78, 5) is 28.8. The molecule has 0 aromatic carbocycles. The highest BCUT2D eigenvalue weighted by Crippen LogP contribution is 2.34. The highest BCUT2D eigenvalue weighted by atomic mass is 16.5. The molecule has 3 heterocycles. The van der Waals surface area contributed by atoms with Crippen molar-refractivity contribution in [3.63, 3.8) is 0 Å². The second-order valence-electron chi connectivity index (χ2n) is 8.87. The van der Waals surface area contributed by atoms with Crippen LogP contribution in [0.4, 0.5) is 10.6 Å². The summed E-state index contributed by atoms with van der Waals surface area (Å²) in [5.74, 6) is 1.30. The van der Waals surface area contributed by atoms with Gasteiger partial charge in [-0.1, -0.05) is 20.8 Å². The van der Waals surface area contributed by atoms with Gasteiger partial charge in [-0.25, -0.2) is 14.8 Å². The normalized spacial score (nSPS) is 13.6. The van der Waals surface area contributed by atoms with Crippen LogP contribution in [0.1, 0.15) is 40.5 Å². The van der Waals surface area contributed by atoms with Crippen LogP contribution in [-0.4, -0.2) is 38.2 Å². The second kappa shape index (κ2) is 8.61.